The molecule has 0 aliphatic carbocycles. The Balaban J connectivity index is 2.64. The first kappa shape index (κ1) is 15.2. The van der Waals surface area contributed by atoms with Crippen LogP contribution in [0.5, 0.6) is 0 Å². The molecular formula is C17H21BrN2. The smallest absolute Gasteiger partial charge is 0.135 e. The SMILES string of the molecule is Cc1cc(C)c(-c2cc(Br)nc(C(C)(C)C)n2)cc1C. The van der Waals surface area contributed by atoms with Crippen LogP contribution in [0.4, 0.5) is 0 Å². The van der Waals surface area contributed by atoms with Crippen molar-refractivity contribution >= 4 is 15.9 Å². The summed E-state index contributed by atoms with van der Waals surface area (Å²) >= 11 is 3.51. The highest BCUT2D eigenvalue weighted by molar-refractivity contribution is 9.10. The summed E-state index contributed by atoms with van der Waals surface area (Å²) in [6.07, 6.45) is 0. The molecule has 0 aliphatic heterocycles. The topological polar surface area (TPSA) is 25.8 Å². The van der Waals surface area contributed by atoms with Gasteiger partial charge in [-0.05, 0) is 65.5 Å². The van der Waals surface area contributed by atoms with Crippen LogP contribution in [-0.2, 0) is 5.41 Å². The Bertz CT molecular complexity index is 655. The van der Waals surface area contributed by atoms with Crippen LogP contribution in [0.1, 0.15) is 43.3 Å². The second-order valence-electron chi connectivity index (χ2n) is 6.40. The van der Waals surface area contributed by atoms with Gasteiger partial charge in [-0.15, -0.1) is 0 Å². The van der Waals surface area contributed by atoms with Crippen LogP contribution >= 0.6 is 15.9 Å². The molecule has 2 nitrogen and oxygen atoms in total. The van der Waals surface area contributed by atoms with E-state index < -0.39 is 0 Å². The Kier molecular flexibility index (Phi) is 4.01. The molecular weight excluding hydrogens is 312 g/mol. The van der Waals surface area contributed by atoms with E-state index in [2.05, 4.69) is 74.6 Å². The van der Waals surface area contributed by atoms with E-state index in [1.807, 2.05) is 6.07 Å². The molecule has 106 valence electrons. The standard InChI is InChI=1S/C17H21BrN2/c1-10-7-12(3)13(8-11(10)2)14-9-15(18)20-16(19-14)17(4,5)6/h7-9H,1-6H3. The van der Waals surface area contributed by atoms with Crippen LogP contribution in [0, 0.1) is 20.8 Å². The van der Waals surface area contributed by atoms with Gasteiger partial charge in [-0.25, -0.2) is 9.97 Å². The third-order valence-corrected chi connectivity index (χ3v) is 3.89. The van der Waals surface area contributed by atoms with Crippen molar-refractivity contribution in [1.82, 2.24) is 9.97 Å². The van der Waals surface area contributed by atoms with Crippen molar-refractivity contribution in [3.63, 3.8) is 0 Å². The van der Waals surface area contributed by atoms with Crippen molar-refractivity contribution in [1.29, 1.82) is 0 Å². The lowest BCUT2D eigenvalue weighted by Crippen LogP contribution is -2.16. The van der Waals surface area contributed by atoms with Crippen molar-refractivity contribution in [2.24, 2.45) is 0 Å². The molecule has 0 bridgehead atoms. The fraction of sp³-hybridized carbons (Fsp3) is 0.412. The molecule has 2 aromatic rings. The normalized spacial score (nSPS) is 11.8. The first-order valence-corrected chi connectivity index (χ1v) is 7.61. The van der Waals surface area contributed by atoms with Crippen molar-refractivity contribution in [3.05, 3.63) is 45.3 Å². The molecule has 20 heavy (non-hydrogen) atoms. The van der Waals surface area contributed by atoms with Gasteiger partial charge in [0.2, 0.25) is 0 Å². The maximum Gasteiger partial charge on any atom is 0.135 e. The predicted molar refractivity (Wildman–Crippen MR) is 88.1 cm³/mol. The number of hydrogen-bond donors (Lipinski definition) is 0. The average molecular weight is 333 g/mol. The number of rotatable bonds is 1. The van der Waals surface area contributed by atoms with E-state index in [9.17, 15) is 0 Å². The molecule has 0 amide bonds. The van der Waals surface area contributed by atoms with Gasteiger partial charge in [0.1, 0.15) is 10.4 Å². The molecule has 0 spiro atoms. The predicted octanol–water partition coefficient (Wildman–Crippen LogP) is 5.13. The van der Waals surface area contributed by atoms with Gasteiger partial charge >= 0.3 is 0 Å². The fourth-order valence-corrected chi connectivity index (χ4v) is 2.51. The van der Waals surface area contributed by atoms with E-state index in [0.717, 1.165) is 16.1 Å². The lowest BCUT2D eigenvalue weighted by Gasteiger charge is -2.18. The number of benzene rings is 1. The van der Waals surface area contributed by atoms with Gasteiger partial charge in [0.15, 0.2) is 0 Å². The third kappa shape index (κ3) is 3.09. The summed E-state index contributed by atoms with van der Waals surface area (Å²) in [5, 5.41) is 0. The summed E-state index contributed by atoms with van der Waals surface area (Å²) in [5.74, 6) is 0.861. The van der Waals surface area contributed by atoms with Crippen LogP contribution < -0.4 is 0 Å². The van der Waals surface area contributed by atoms with E-state index >= 15 is 0 Å². The highest BCUT2D eigenvalue weighted by atomic mass is 79.9. The maximum atomic E-state index is 4.77. The molecule has 1 aromatic heterocycles. The van der Waals surface area contributed by atoms with Crippen molar-refractivity contribution in [2.75, 3.05) is 0 Å². The largest absolute Gasteiger partial charge is 0.232 e. The number of aromatic nitrogens is 2. The molecule has 1 heterocycles. The second-order valence-corrected chi connectivity index (χ2v) is 7.21. The highest BCUT2D eigenvalue weighted by Gasteiger charge is 2.19. The number of halogens is 1. The molecule has 0 atom stereocenters. The second kappa shape index (κ2) is 5.28. The van der Waals surface area contributed by atoms with E-state index in [4.69, 9.17) is 4.98 Å². The van der Waals surface area contributed by atoms with Gasteiger partial charge in [0, 0.05) is 11.0 Å². The molecule has 0 saturated carbocycles. The van der Waals surface area contributed by atoms with Gasteiger partial charge in [-0.1, -0.05) is 26.8 Å². The van der Waals surface area contributed by atoms with E-state index in [1.54, 1.807) is 0 Å². The minimum Gasteiger partial charge on any atom is -0.232 e. The number of nitrogens with zero attached hydrogens (tertiary/aromatic N) is 2. The zero-order valence-corrected chi connectivity index (χ0v) is 14.6. The summed E-state index contributed by atoms with van der Waals surface area (Å²) in [4.78, 5) is 9.27. The summed E-state index contributed by atoms with van der Waals surface area (Å²) in [6.45, 7) is 12.8. The fourth-order valence-electron chi connectivity index (χ4n) is 2.13. The Morgan fingerprint density at radius 3 is 2.05 bits per heavy atom. The Labute approximate surface area is 129 Å². The quantitative estimate of drug-likeness (QED) is 0.676. The molecule has 1 aromatic carbocycles. The summed E-state index contributed by atoms with van der Waals surface area (Å²) in [7, 11) is 0. The maximum absolute atomic E-state index is 4.77. The van der Waals surface area contributed by atoms with Crippen molar-refractivity contribution in [3.8, 4) is 11.3 Å². The van der Waals surface area contributed by atoms with Crippen LogP contribution in [-0.4, -0.2) is 9.97 Å². The summed E-state index contributed by atoms with van der Waals surface area (Å²) < 4.78 is 0.838. The van der Waals surface area contributed by atoms with Crippen LogP contribution in [0.15, 0.2) is 22.8 Å². The minimum atomic E-state index is -0.0633. The van der Waals surface area contributed by atoms with Crippen molar-refractivity contribution in [2.45, 2.75) is 47.0 Å². The van der Waals surface area contributed by atoms with Crippen LogP contribution in [0.3, 0.4) is 0 Å². The minimum absolute atomic E-state index is 0.0633. The Hall–Kier alpha value is -1.22. The van der Waals surface area contributed by atoms with Gasteiger partial charge in [0.05, 0.1) is 5.69 Å². The Morgan fingerprint density at radius 1 is 0.850 bits per heavy atom. The van der Waals surface area contributed by atoms with E-state index in [-0.39, 0.29) is 5.41 Å². The average Bonchev–Trinajstić information content (AvgIpc) is 2.32. The van der Waals surface area contributed by atoms with Crippen molar-refractivity contribution < 1.29 is 0 Å². The molecule has 3 heteroatoms. The zero-order chi connectivity index (χ0) is 15.1. The molecule has 0 N–H and O–H groups in total. The van der Waals surface area contributed by atoms with E-state index in [1.165, 1.54) is 22.3 Å². The summed E-state index contributed by atoms with van der Waals surface area (Å²) in [5.41, 5.74) is 5.96. The monoisotopic (exact) mass is 332 g/mol. The summed E-state index contributed by atoms with van der Waals surface area (Å²) in [6, 6.07) is 6.43. The molecule has 0 unspecified atom stereocenters. The highest BCUT2D eigenvalue weighted by Crippen LogP contribution is 2.29. The van der Waals surface area contributed by atoms with Crippen LogP contribution in [0.2, 0.25) is 0 Å². The van der Waals surface area contributed by atoms with Gasteiger partial charge in [0.25, 0.3) is 0 Å². The molecule has 0 aliphatic rings. The van der Waals surface area contributed by atoms with Gasteiger partial charge < -0.3 is 0 Å². The molecule has 0 fully saturated rings. The lowest BCUT2D eigenvalue weighted by molar-refractivity contribution is 0.544. The molecule has 0 saturated heterocycles. The number of aryl methyl sites for hydroxylation is 3. The first-order valence-electron chi connectivity index (χ1n) is 6.82. The third-order valence-electron chi connectivity index (χ3n) is 3.48. The van der Waals surface area contributed by atoms with E-state index in [0.29, 0.717) is 0 Å². The van der Waals surface area contributed by atoms with Gasteiger partial charge in [-0.2, -0.15) is 0 Å². The first-order chi connectivity index (χ1) is 9.18. The molecule has 0 radical (unpaired) electrons. The Morgan fingerprint density at radius 2 is 1.45 bits per heavy atom. The van der Waals surface area contributed by atoms with Gasteiger partial charge in [-0.3, -0.25) is 0 Å². The molecule has 2 rings (SSSR count). The lowest BCUT2D eigenvalue weighted by atomic mass is 9.94. The van der Waals surface area contributed by atoms with Crippen LogP contribution in [0.25, 0.3) is 11.3 Å². The zero-order valence-electron chi connectivity index (χ0n) is 13.0. The number of hydrogen-bond acceptors (Lipinski definition) is 2.